The molecule has 0 heterocycles. The predicted molar refractivity (Wildman–Crippen MR) is 282 cm³/mol. The molecule has 0 amide bonds. The van der Waals surface area contributed by atoms with Crippen LogP contribution in [0, 0.1) is 0 Å². The summed E-state index contributed by atoms with van der Waals surface area (Å²) in [4.78, 5) is 29.3. The maximum absolute atomic E-state index is 12.9. The van der Waals surface area contributed by atoms with E-state index >= 15 is 0 Å². The number of hydrogen-bond donors (Lipinski definition) is 1. The molecule has 0 aliphatic rings. The second kappa shape index (κ2) is 34.0. The lowest BCUT2D eigenvalue weighted by atomic mass is 10.3. The van der Waals surface area contributed by atoms with Crippen molar-refractivity contribution in [3.63, 3.8) is 0 Å². The third-order valence-corrected chi connectivity index (χ3v) is 15.0. The molecular weight excluding hydrogens is 1080 g/mol. The number of alkyl halides is 5. The van der Waals surface area contributed by atoms with Gasteiger partial charge in [-0.2, -0.15) is 0 Å². The zero-order valence-corrected chi connectivity index (χ0v) is 44.9. The van der Waals surface area contributed by atoms with E-state index in [0.29, 0.717) is 5.57 Å². The van der Waals surface area contributed by atoms with Crippen molar-refractivity contribution in [2.45, 2.75) is 67.9 Å². The van der Waals surface area contributed by atoms with E-state index in [9.17, 15) is 53.1 Å². The highest BCUT2D eigenvalue weighted by Crippen LogP contribution is 2.32. The fourth-order valence-electron chi connectivity index (χ4n) is 5.65. The molecule has 0 saturated carbocycles. The van der Waals surface area contributed by atoms with Crippen LogP contribution in [-0.4, -0.2) is 92.4 Å². The fourth-order valence-corrected chi connectivity index (χ4v) is 11.3. The Kier molecular flexibility index (Phi) is 29.6. The van der Waals surface area contributed by atoms with E-state index in [1.165, 1.54) is 36.3 Å². The van der Waals surface area contributed by atoms with Crippen LogP contribution in [-0.2, 0) is 65.8 Å². The van der Waals surface area contributed by atoms with Gasteiger partial charge in [0.05, 0.1) is 28.4 Å². The molecule has 0 aliphatic heterocycles. The lowest BCUT2D eigenvalue weighted by Gasteiger charge is -2.17. The first-order valence-corrected chi connectivity index (χ1v) is 28.3. The second-order valence-electron chi connectivity index (χ2n) is 15.4. The number of halogens is 5. The van der Waals surface area contributed by atoms with Crippen molar-refractivity contribution in [2.75, 3.05) is 37.6 Å². The standard InChI is InChI=1S/2C18H15S.C9H14F2O6S.C5H7ClO2.C4H8F2O4S/c2*1-4-10-16(11-5-1)19(17-12-6-2-7-13-17)18-14-8-3-9-15-18;1-7(2)8(12)17-6-16-4-3-9(10,11)5-18(13,14)15;1-4(2)5(7)8-3-6;5-4(6,1-2-7)3-11(8,9)10/h2*1-15H;1,3-6H2,2H3,(H,13,14,15);1,3H2,2H3;7H,1-3H2,(H,8,9,10)/q2*+1;;;/p-2. The van der Waals surface area contributed by atoms with Gasteiger partial charge in [0.25, 0.3) is 11.8 Å². The second-order valence-corrected chi connectivity index (χ2v) is 22.5. The van der Waals surface area contributed by atoms with E-state index in [1.54, 1.807) is 6.92 Å². The SMILES string of the molecule is C=C(C)C(=O)OCCl.C=C(C)C(=O)OCOCCC(F)(F)CS(=O)(=O)[O-].O=S(=O)([O-])CC(F)(F)CCO.c1ccc([S+](c2ccccc2)c2ccccc2)cc1.c1ccc([S+](c2ccccc2)c2ccccc2)cc1. The molecule has 1 N–H and O–H groups in total. The van der Waals surface area contributed by atoms with Gasteiger partial charge in [0.1, 0.15) is 31.7 Å². The van der Waals surface area contributed by atoms with Crippen molar-refractivity contribution in [3.05, 3.63) is 206 Å². The first-order valence-electron chi connectivity index (χ1n) is 22.2. The molecule has 0 spiro atoms. The van der Waals surface area contributed by atoms with Crippen molar-refractivity contribution in [1.82, 2.24) is 0 Å². The third kappa shape index (κ3) is 28.6. The van der Waals surface area contributed by atoms with Crippen LogP contribution in [0.15, 0.2) is 236 Å². The van der Waals surface area contributed by atoms with Gasteiger partial charge in [0.2, 0.25) is 0 Å². The number of aliphatic hydroxyl groups excluding tert-OH is 1. The van der Waals surface area contributed by atoms with Gasteiger partial charge in [-0.15, -0.1) is 0 Å². The van der Waals surface area contributed by atoms with Crippen LogP contribution in [0.5, 0.6) is 0 Å². The summed E-state index contributed by atoms with van der Waals surface area (Å²) in [6.07, 6.45) is -1.96. The minimum Gasteiger partial charge on any atom is -0.748 e. The van der Waals surface area contributed by atoms with Gasteiger partial charge in [0, 0.05) is 30.6 Å². The maximum Gasteiger partial charge on any atom is 0.335 e. The van der Waals surface area contributed by atoms with Crippen LogP contribution < -0.4 is 0 Å². The first-order chi connectivity index (χ1) is 35.4. The molecule has 12 nitrogen and oxygen atoms in total. The normalized spacial score (nSPS) is 11.1. The van der Waals surface area contributed by atoms with Gasteiger partial charge in [-0.25, -0.2) is 44.0 Å². The van der Waals surface area contributed by atoms with Gasteiger partial charge in [-0.05, 0) is 86.6 Å². The Morgan fingerprint density at radius 2 is 0.773 bits per heavy atom. The molecule has 6 aromatic rings. The van der Waals surface area contributed by atoms with Crippen LogP contribution in [0.25, 0.3) is 0 Å². The van der Waals surface area contributed by atoms with E-state index in [1.807, 2.05) is 0 Å². The van der Waals surface area contributed by atoms with Crippen molar-refractivity contribution >= 4 is 65.6 Å². The molecule has 0 radical (unpaired) electrons. The molecule has 0 aromatic heterocycles. The predicted octanol–water partition coefficient (Wildman–Crippen LogP) is 11.1. The zero-order valence-electron chi connectivity index (χ0n) is 40.9. The molecule has 404 valence electrons. The van der Waals surface area contributed by atoms with Gasteiger partial charge < -0.3 is 28.4 Å². The Balaban J connectivity index is 0.000000332. The Labute approximate surface area is 447 Å². The number of aliphatic hydroxyl groups is 1. The molecule has 0 unspecified atom stereocenters. The fraction of sp³-hybridized carbons (Fsp3) is 0.222. The number of benzene rings is 6. The average Bonchev–Trinajstić information content (AvgIpc) is 3.35. The van der Waals surface area contributed by atoms with E-state index in [0.717, 1.165) is 0 Å². The summed E-state index contributed by atoms with van der Waals surface area (Å²) < 4.78 is 123. The van der Waals surface area contributed by atoms with Gasteiger partial charge >= 0.3 is 11.9 Å². The Morgan fingerprint density at radius 3 is 0.987 bits per heavy atom. The summed E-state index contributed by atoms with van der Waals surface area (Å²) in [6.45, 7) is 7.64. The smallest absolute Gasteiger partial charge is 0.335 e. The van der Waals surface area contributed by atoms with Crippen molar-refractivity contribution in [3.8, 4) is 0 Å². The highest BCUT2D eigenvalue weighted by Gasteiger charge is 2.33. The van der Waals surface area contributed by atoms with Crippen LogP contribution in [0.4, 0.5) is 17.6 Å². The molecule has 0 atom stereocenters. The number of hydrogen-bond acceptors (Lipinski definition) is 12. The summed E-state index contributed by atoms with van der Waals surface area (Å²) in [6, 6.07) is 64.2. The number of ether oxygens (including phenoxy) is 3. The topological polar surface area (TPSA) is 196 Å². The average molecular weight is 1140 g/mol. The van der Waals surface area contributed by atoms with E-state index < -0.39 is 88.4 Å². The third-order valence-electron chi connectivity index (χ3n) is 8.89. The number of carbonyl (C=O) groups is 2. The lowest BCUT2D eigenvalue weighted by Crippen LogP contribution is -2.29. The van der Waals surface area contributed by atoms with Crippen molar-refractivity contribution < 1.29 is 72.4 Å². The molecular formula is C54H57ClF4O12S4. The van der Waals surface area contributed by atoms with Gasteiger partial charge in [0.15, 0.2) is 42.2 Å². The van der Waals surface area contributed by atoms with Gasteiger partial charge in [-0.1, -0.05) is 134 Å². The molecule has 21 heteroatoms. The molecule has 0 bridgehead atoms. The Morgan fingerprint density at radius 1 is 0.520 bits per heavy atom. The van der Waals surface area contributed by atoms with Crippen LogP contribution in [0.3, 0.4) is 0 Å². The van der Waals surface area contributed by atoms with Crippen LogP contribution >= 0.6 is 11.6 Å². The minimum atomic E-state index is -5.00. The molecule has 75 heavy (non-hydrogen) atoms. The minimum absolute atomic E-state index is 0.0146. The summed E-state index contributed by atoms with van der Waals surface area (Å²) in [5, 5.41) is 8.02. The summed E-state index contributed by atoms with van der Waals surface area (Å²) in [5.74, 6) is -12.0. The molecule has 6 aromatic carbocycles. The first kappa shape index (κ1) is 65.3. The highest BCUT2D eigenvalue weighted by atomic mass is 35.5. The van der Waals surface area contributed by atoms with E-state index in [2.05, 4.69) is 209 Å². The van der Waals surface area contributed by atoms with Gasteiger partial charge in [-0.3, -0.25) is 0 Å². The maximum atomic E-state index is 12.9. The molecule has 0 saturated heterocycles. The Bertz CT molecular complexity index is 2520. The van der Waals surface area contributed by atoms with E-state index in [4.69, 9.17) is 16.7 Å². The summed E-state index contributed by atoms with van der Waals surface area (Å²) in [7, 11) is -9.95. The molecule has 6 rings (SSSR count). The number of esters is 2. The highest BCUT2D eigenvalue weighted by molar-refractivity contribution is 7.97. The Hall–Kier alpha value is -5.81. The van der Waals surface area contributed by atoms with Crippen LogP contribution in [0.1, 0.15) is 26.7 Å². The molecule has 0 fully saturated rings. The zero-order chi connectivity index (χ0) is 55.9. The summed E-state index contributed by atoms with van der Waals surface area (Å²) >= 11 is 5.06. The lowest BCUT2D eigenvalue weighted by molar-refractivity contribution is -0.152. The largest absolute Gasteiger partial charge is 0.748 e. The molecule has 0 aliphatic carbocycles. The quantitative estimate of drug-likeness (QED) is 0.0111. The summed E-state index contributed by atoms with van der Waals surface area (Å²) in [5.41, 5.74) is 0.493. The number of carbonyl (C=O) groups excluding carboxylic acids is 2. The number of rotatable bonds is 20. The monoisotopic (exact) mass is 1140 g/mol. The van der Waals surface area contributed by atoms with Crippen LogP contribution in [0.2, 0.25) is 0 Å². The van der Waals surface area contributed by atoms with Crippen molar-refractivity contribution in [2.24, 2.45) is 0 Å². The van der Waals surface area contributed by atoms with Crippen molar-refractivity contribution in [1.29, 1.82) is 0 Å². The van der Waals surface area contributed by atoms with E-state index in [-0.39, 0.29) is 33.4 Å².